The molecule has 1 aliphatic carbocycles. The van der Waals surface area contributed by atoms with E-state index in [1.807, 2.05) is 0 Å². The molecule has 4 atom stereocenters. The fraction of sp³-hybridized carbons (Fsp3) is 0.692. The minimum atomic E-state index is -1.17. The summed E-state index contributed by atoms with van der Waals surface area (Å²) in [6, 6.07) is 4.04. The van der Waals surface area contributed by atoms with Crippen molar-refractivity contribution in [2.24, 2.45) is 11.8 Å². The van der Waals surface area contributed by atoms with Gasteiger partial charge in [0.1, 0.15) is 5.82 Å². The third-order valence-corrected chi connectivity index (χ3v) is 7.71. The lowest BCUT2D eigenvalue weighted by Gasteiger charge is -2.39. The molecule has 0 radical (unpaired) electrons. The molecule has 208 valence electrons. The van der Waals surface area contributed by atoms with Crippen LogP contribution >= 0.6 is 11.6 Å². The van der Waals surface area contributed by atoms with Gasteiger partial charge >= 0.3 is 12.1 Å². The maximum absolute atomic E-state index is 15.0. The zero-order valence-corrected chi connectivity index (χ0v) is 22.2. The predicted molar refractivity (Wildman–Crippen MR) is 139 cm³/mol. The second-order valence-electron chi connectivity index (χ2n) is 10.0. The molecule has 4 unspecified atom stereocenters. The van der Waals surface area contributed by atoms with Crippen molar-refractivity contribution >= 4 is 23.7 Å². The van der Waals surface area contributed by atoms with Gasteiger partial charge < -0.3 is 35.8 Å². The molecule has 1 heterocycles. The number of carboxylic acid groups (broad SMARTS) is 1. The number of hydrogen-bond acceptors (Lipinski definition) is 5. The van der Waals surface area contributed by atoms with Crippen molar-refractivity contribution < 1.29 is 28.9 Å². The first-order valence-corrected chi connectivity index (χ1v) is 13.6. The van der Waals surface area contributed by atoms with E-state index in [0.717, 1.165) is 25.7 Å². The number of amides is 3. The maximum atomic E-state index is 15.0. The first-order valence-electron chi connectivity index (χ1n) is 13.2. The average molecular weight is 543 g/mol. The quantitative estimate of drug-likeness (QED) is 0.271. The summed E-state index contributed by atoms with van der Waals surface area (Å²) < 4.78 is 21.0. The van der Waals surface area contributed by atoms with Crippen LogP contribution in [-0.4, -0.2) is 79.2 Å². The number of halogens is 2. The van der Waals surface area contributed by atoms with Crippen LogP contribution in [0.15, 0.2) is 18.2 Å². The van der Waals surface area contributed by atoms with E-state index in [2.05, 4.69) is 16.0 Å². The number of likely N-dealkylation sites (tertiary alicyclic amines) is 1. The Bertz CT molecular complexity index is 889. The minimum Gasteiger partial charge on any atom is -0.465 e. The molecule has 1 saturated heterocycles. The Kier molecular flexibility index (Phi) is 11.7. The van der Waals surface area contributed by atoms with Crippen molar-refractivity contribution in [2.75, 3.05) is 39.8 Å². The molecule has 11 heteroatoms. The molecular weight excluding hydrogens is 503 g/mol. The highest BCUT2D eigenvalue weighted by Crippen LogP contribution is 2.36. The molecule has 37 heavy (non-hydrogen) atoms. The Labute approximate surface area is 223 Å². The lowest BCUT2D eigenvalue weighted by atomic mass is 9.82. The number of aliphatic hydroxyl groups is 1. The fourth-order valence-electron chi connectivity index (χ4n) is 5.54. The Hall–Kier alpha value is -2.14. The van der Waals surface area contributed by atoms with E-state index in [1.165, 1.54) is 12.5 Å². The van der Waals surface area contributed by atoms with Crippen LogP contribution in [0.1, 0.15) is 56.6 Å². The number of rotatable bonds is 11. The van der Waals surface area contributed by atoms with Crippen molar-refractivity contribution in [3.63, 3.8) is 0 Å². The van der Waals surface area contributed by atoms with Gasteiger partial charge in [-0.1, -0.05) is 43.0 Å². The van der Waals surface area contributed by atoms with E-state index < -0.39 is 30.2 Å². The number of piperidine rings is 1. The molecule has 0 aromatic heterocycles. The number of benzene rings is 1. The van der Waals surface area contributed by atoms with Crippen LogP contribution in [0, 0.1) is 17.7 Å². The Morgan fingerprint density at radius 3 is 2.62 bits per heavy atom. The van der Waals surface area contributed by atoms with Crippen LogP contribution in [0.25, 0.3) is 0 Å². The standard InChI is InChI=1S/C26H40ClFN4O5/c1-29-15-21(23(33)17-7-3-2-4-8-17)31-25(34)32-13-6-9-18(16-32)24(37-14-12-30-26(35)36)19-10-5-11-20(27)22(19)28/h5,10-11,17-18,21,23-24,29-30,33H,2-4,6-9,12-16H2,1H3,(H,31,34)(H,35,36). The van der Waals surface area contributed by atoms with Crippen LogP contribution in [0.2, 0.25) is 5.02 Å². The molecule has 2 aliphatic rings. The van der Waals surface area contributed by atoms with Gasteiger partial charge in [0.05, 0.1) is 29.9 Å². The van der Waals surface area contributed by atoms with Crippen LogP contribution < -0.4 is 16.0 Å². The zero-order valence-electron chi connectivity index (χ0n) is 21.4. The van der Waals surface area contributed by atoms with Crippen molar-refractivity contribution in [2.45, 2.75) is 63.2 Å². The molecule has 3 amide bonds. The van der Waals surface area contributed by atoms with Crippen molar-refractivity contribution in [3.05, 3.63) is 34.6 Å². The summed E-state index contributed by atoms with van der Waals surface area (Å²) >= 11 is 6.03. The third-order valence-electron chi connectivity index (χ3n) is 7.41. The molecular formula is C26H40ClFN4O5. The summed E-state index contributed by atoms with van der Waals surface area (Å²) in [6.07, 6.45) is 4.21. The second-order valence-corrected chi connectivity index (χ2v) is 10.4. The second kappa shape index (κ2) is 14.7. The van der Waals surface area contributed by atoms with E-state index in [9.17, 15) is 19.1 Å². The first-order chi connectivity index (χ1) is 17.8. The minimum absolute atomic E-state index is 0.0215. The summed E-state index contributed by atoms with van der Waals surface area (Å²) in [6.45, 7) is 1.43. The van der Waals surface area contributed by atoms with Gasteiger partial charge in [-0.3, -0.25) is 0 Å². The van der Waals surface area contributed by atoms with Crippen molar-refractivity contribution in [1.82, 2.24) is 20.9 Å². The summed E-state index contributed by atoms with van der Waals surface area (Å²) in [5.74, 6) is -0.626. The zero-order chi connectivity index (χ0) is 26.8. The van der Waals surface area contributed by atoms with E-state index >= 15 is 0 Å². The highest BCUT2D eigenvalue weighted by molar-refractivity contribution is 6.30. The summed E-state index contributed by atoms with van der Waals surface area (Å²) in [5.41, 5.74) is 0.288. The van der Waals surface area contributed by atoms with Gasteiger partial charge in [-0.15, -0.1) is 0 Å². The molecule has 3 rings (SSSR count). The largest absolute Gasteiger partial charge is 0.465 e. The number of likely N-dealkylation sites (N-methyl/N-ethyl adjacent to an activating group) is 1. The van der Waals surface area contributed by atoms with Crippen LogP contribution in [-0.2, 0) is 4.74 Å². The van der Waals surface area contributed by atoms with Gasteiger partial charge in [0.2, 0.25) is 0 Å². The molecule has 1 aliphatic heterocycles. The molecule has 9 nitrogen and oxygen atoms in total. The molecule has 0 bridgehead atoms. The van der Waals surface area contributed by atoms with Crippen LogP contribution in [0.3, 0.4) is 0 Å². The first kappa shape index (κ1) is 29.4. The highest BCUT2D eigenvalue weighted by atomic mass is 35.5. The average Bonchev–Trinajstić information content (AvgIpc) is 2.90. The number of aliphatic hydroxyl groups excluding tert-OH is 1. The number of nitrogens with one attached hydrogen (secondary N) is 3. The summed E-state index contributed by atoms with van der Waals surface area (Å²) in [7, 11) is 1.80. The summed E-state index contributed by atoms with van der Waals surface area (Å²) in [4.78, 5) is 25.8. The number of ether oxygens (including phenoxy) is 1. The number of carbonyl (C=O) groups is 2. The lowest BCUT2D eigenvalue weighted by Crippen LogP contribution is -2.56. The number of urea groups is 1. The Balaban J connectivity index is 1.69. The number of hydrogen-bond donors (Lipinski definition) is 5. The third kappa shape index (κ3) is 8.43. The smallest absolute Gasteiger partial charge is 0.404 e. The van der Waals surface area contributed by atoms with Gasteiger partial charge in [0.15, 0.2) is 0 Å². The monoisotopic (exact) mass is 542 g/mol. The van der Waals surface area contributed by atoms with Gasteiger partial charge in [-0.05, 0) is 44.7 Å². The van der Waals surface area contributed by atoms with E-state index in [4.69, 9.17) is 21.4 Å². The predicted octanol–water partition coefficient (Wildman–Crippen LogP) is 3.76. The maximum Gasteiger partial charge on any atom is 0.404 e. The molecule has 2 fully saturated rings. The molecule has 0 spiro atoms. The van der Waals surface area contributed by atoms with E-state index in [1.54, 1.807) is 24.1 Å². The van der Waals surface area contributed by atoms with Gasteiger partial charge in [-0.25, -0.2) is 14.0 Å². The molecule has 5 N–H and O–H groups in total. The topological polar surface area (TPSA) is 123 Å². The SMILES string of the molecule is CNCC(NC(=O)N1CCCC(C(OCCNC(=O)O)c2cccc(Cl)c2F)C1)C(O)C1CCCCC1. The van der Waals surface area contributed by atoms with Gasteiger partial charge in [-0.2, -0.15) is 0 Å². The number of carbonyl (C=O) groups excluding carboxylic acids is 1. The van der Waals surface area contributed by atoms with Crippen molar-refractivity contribution in [3.8, 4) is 0 Å². The van der Waals surface area contributed by atoms with Crippen molar-refractivity contribution in [1.29, 1.82) is 0 Å². The lowest BCUT2D eigenvalue weighted by molar-refractivity contribution is -0.0111. The van der Waals surface area contributed by atoms with Crippen LogP contribution in [0.4, 0.5) is 14.0 Å². The van der Waals surface area contributed by atoms with E-state index in [0.29, 0.717) is 32.5 Å². The molecule has 1 saturated carbocycles. The highest BCUT2D eigenvalue weighted by Gasteiger charge is 2.35. The fourth-order valence-corrected chi connectivity index (χ4v) is 5.72. The van der Waals surface area contributed by atoms with E-state index in [-0.39, 0.29) is 41.6 Å². The van der Waals surface area contributed by atoms with Gasteiger partial charge in [0.25, 0.3) is 0 Å². The number of nitrogens with zero attached hydrogens (tertiary/aromatic N) is 1. The Morgan fingerprint density at radius 1 is 1.19 bits per heavy atom. The van der Waals surface area contributed by atoms with Crippen LogP contribution in [0.5, 0.6) is 0 Å². The Morgan fingerprint density at radius 2 is 1.92 bits per heavy atom. The molecule has 1 aromatic rings. The summed E-state index contributed by atoms with van der Waals surface area (Å²) in [5, 5.41) is 28.2. The normalized spacial score (nSPS) is 21.2. The molecule has 1 aromatic carbocycles. The van der Waals surface area contributed by atoms with Gasteiger partial charge in [0, 0.05) is 37.7 Å².